The minimum atomic E-state index is -0.0618. The molecule has 0 N–H and O–H groups in total. The second-order valence-corrected chi connectivity index (χ2v) is 4.39. The predicted octanol–water partition coefficient (Wildman–Crippen LogP) is 3.30. The molecule has 1 aliphatic rings. The molecule has 0 saturated heterocycles. The van der Waals surface area contributed by atoms with Crippen LogP contribution in [0.25, 0.3) is 0 Å². The van der Waals surface area contributed by atoms with Crippen LogP contribution < -0.4 is 0 Å². The Bertz CT molecular complexity index is 171. The summed E-state index contributed by atoms with van der Waals surface area (Å²) in [7, 11) is 0. The number of carbonyl (C=O) groups excluding carboxylic acids is 1. The van der Waals surface area contributed by atoms with Gasteiger partial charge in [0.1, 0.15) is 0 Å². The number of hydrogen-bond donors (Lipinski definition) is 0. The number of carbonyl (C=O) groups is 1. The fourth-order valence-corrected chi connectivity index (χ4v) is 2.25. The third-order valence-electron chi connectivity index (χ3n) is 3.01. The summed E-state index contributed by atoms with van der Waals surface area (Å²) < 4.78 is 5.26. The molecule has 2 nitrogen and oxygen atoms in total. The highest BCUT2D eigenvalue weighted by molar-refractivity contribution is 5.69. The molecule has 0 heterocycles. The van der Waals surface area contributed by atoms with E-state index in [1.165, 1.54) is 32.1 Å². The van der Waals surface area contributed by atoms with Gasteiger partial charge in [-0.2, -0.15) is 0 Å². The zero-order chi connectivity index (χ0) is 10.4. The fourth-order valence-electron chi connectivity index (χ4n) is 2.25. The summed E-state index contributed by atoms with van der Waals surface area (Å²) in [6.45, 7) is 3.86. The van der Waals surface area contributed by atoms with Crippen LogP contribution in [0.1, 0.15) is 58.8 Å². The second kappa shape index (κ2) is 6.05. The summed E-state index contributed by atoms with van der Waals surface area (Å²) in [6.07, 6.45) is 8.44. The average molecular weight is 198 g/mol. The van der Waals surface area contributed by atoms with Crippen molar-refractivity contribution in [2.75, 3.05) is 0 Å². The first-order valence-corrected chi connectivity index (χ1v) is 5.91. The molecule has 0 radical (unpaired) electrons. The molecule has 1 rings (SSSR count). The number of esters is 1. The zero-order valence-electron chi connectivity index (χ0n) is 9.42. The summed E-state index contributed by atoms with van der Waals surface area (Å²) in [5.41, 5.74) is 0. The largest absolute Gasteiger partial charge is 0.463 e. The molecule has 14 heavy (non-hydrogen) atoms. The van der Waals surface area contributed by atoms with Crippen molar-refractivity contribution in [2.45, 2.75) is 64.9 Å². The van der Waals surface area contributed by atoms with Crippen LogP contribution in [-0.4, -0.2) is 12.1 Å². The van der Waals surface area contributed by atoms with Crippen molar-refractivity contribution in [1.82, 2.24) is 0 Å². The minimum absolute atomic E-state index is 0.0618. The van der Waals surface area contributed by atoms with Gasteiger partial charge in [0.15, 0.2) is 0 Å². The lowest BCUT2D eigenvalue weighted by atomic mass is 9.86. The first-order chi connectivity index (χ1) is 6.72. The van der Waals surface area contributed by atoms with Gasteiger partial charge < -0.3 is 4.74 Å². The number of rotatable bonds is 4. The van der Waals surface area contributed by atoms with E-state index >= 15 is 0 Å². The van der Waals surface area contributed by atoms with Crippen LogP contribution in [0.2, 0.25) is 0 Å². The maximum Gasteiger partial charge on any atom is 0.305 e. The SMILES string of the molecule is CCC(=O)OC(C)CC1CCCCC1. The highest BCUT2D eigenvalue weighted by Gasteiger charge is 2.18. The molecule has 0 aromatic heterocycles. The molecule has 1 saturated carbocycles. The van der Waals surface area contributed by atoms with Crippen molar-refractivity contribution in [3.8, 4) is 0 Å². The summed E-state index contributed by atoms with van der Waals surface area (Å²) in [4.78, 5) is 11.0. The lowest BCUT2D eigenvalue weighted by Crippen LogP contribution is -2.19. The van der Waals surface area contributed by atoms with Crippen LogP contribution in [0.4, 0.5) is 0 Å². The Kier molecular flexibility index (Phi) is 4.99. The fraction of sp³-hybridized carbons (Fsp3) is 0.917. The molecule has 0 aliphatic heterocycles. The molecule has 82 valence electrons. The molecule has 2 heteroatoms. The van der Waals surface area contributed by atoms with E-state index in [1.807, 2.05) is 13.8 Å². The quantitative estimate of drug-likeness (QED) is 0.648. The van der Waals surface area contributed by atoms with Gasteiger partial charge in [-0.25, -0.2) is 0 Å². The van der Waals surface area contributed by atoms with Crippen molar-refractivity contribution < 1.29 is 9.53 Å². The van der Waals surface area contributed by atoms with Crippen molar-refractivity contribution in [3.63, 3.8) is 0 Å². The van der Waals surface area contributed by atoms with E-state index in [-0.39, 0.29) is 12.1 Å². The Labute approximate surface area is 87.0 Å². The first kappa shape index (κ1) is 11.5. The Hall–Kier alpha value is -0.530. The van der Waals surface area contributed by atoms with Gasteiger partial charge in [0.25, 0.3) is 0 Å². The molecule has 0 bridgehead atoms. The van der Waals surface area contributed by atoms with E-state index in [2.05, 4.69) is 0 Å². The van der Waals surface area contributed by atoms with Crippen LogP contribution in [0, 0.1) is 5.92 Å². The highest BCUT2D eigenvalue weighted by Crippen LogP contribution is 2.27. The topological polar surface area (TPSA) is 26.3 Å². The Morgan fingerprint density at radius 2 is 2.00 bits per heavy atom. The Morgan fingerprint density at radius 3 is 2.57 bits per heavy atom. The van der Waals surface area contributed by atoms with E-state index < -0.39 is 0 Å². The van der Waals surface area contributed by atoms with Crippen LogP contribution in [0.3, 0.4) is 0 Å². The van der Waals surface area contributed by atoms with Crippen molar-refractivity contribution in [3.05, 3.63) is 0 Å². The maximum absolute atomic E-state index is 11.0. The maximum atomic E-state index is 11.0. The molecular formula is C12H22O2. The van der Waals surface area contributed by atoms with Gasteiger partial charge in [0.2, 0.25) is 0 Å². The third-order valence-corrected chi connectivity index (χ3v) is 3.01. The van der Waals surface area contributed by atoms with E-state index in [1.54, 1.807) is 0 Å². The van der Waals surface area contributed by atoms with Crippen LogP contribution in [-0.2, 0) is 9.53 Å². The molecule has 1 fully saturated rings. The Balaban J connectivity index is 2.18. The van der Waals surface area contributed by atoms with Gasteiger partial charge in [-0.15, -0.1) is 0 Å². The minimum Gasteiger partial charge on any atom is -0.463 e. The average Bonchev–Trinajstić information content (AvgIpc) is 2.19. The normalized spacial score (nSPS) is 20.4. The van der Waals surface area contributed by atoms with Gasteiger partial charge in [0, 0.05) is 6.42 Å². The molecule has 1 aliphatic carbocycles. The summed E-state index contributed by atoms with van der Waals surface area (Å²) >= 11 is 0. The number of hydrogen-bond acceptors (Lipinski definition) is 2. The zero-order valence-corrected chi connectivity index (χ0v) is 9.42. The van der Waals surface area contributed by atoms with Crippen LogP contribution in [0.5, 0.6) is 0 Å². The summed E-state index contributed by atoms with van der Waals surface area (Å²) in [5.74, 6) is 0.733. The molecule has 0 spiro atoms. The summed E-state index contributed by atoms with van der Waals surface area (Å²) in [6, 6.07) is 0. The third kappa shape index (κ3) is 4.12. The molecular weight excluding hydrogens is 176 g/mol. The van der Waals surface area contributed by atoms with Gasteiger partial charge in [-0.05, 0) is 19.3 Å². The van der Waals surface area contributed by atoms with E-state index in [4.69, 9.17) is 4.74 Å². The van der Waals surface area contributed by atoms with E-state index in [9.17, 15) is 4.79 Å². The second-order valence-electron chi connectivity index (χ2n) is 4.39. The van der Waals surface area contributed by atoms with Crippen LogP contribution >= 0.6 is 0 Å². The molecule has 1 unspecified atom stereocenters. The molecule has 1 atom stereocenters. The molecule has 0 aromatic rings. The van der Waals surface area contributed by atoms with E-state index in [0.29, 0.717) is 6.42 Å². The molecule has 0 amide bonds. The molecule has 0 aromatic carbocycles. The highest BCUT2D eigenvalue weighted by atomic mass is 16.5. The van der Waals surface area contributed by atoms with Crippen molar-refractivity contribution >= 4 is 5.97 Å². The van der Waals surface area contributed by atoms with Crippen molar-refractivity contribution in [2.24, 2.45) is 5.92 Å². The summed E-state index contributed by atoms with van der Waals surface area (Å²) in [5, 5.41) is 0. The monoisotopic (exact) mass is 198 g/mol. The number of ether oxygens (including phenoxy) is 1. The van der Waals surface area contributed by atoms with Gasteiger partial charge in [-0.1, -0.05) is 39.0 Å². The smallest absolute Gasteiger partial charge is 0.305 e. The lowest BCUT2D eigenvalue weighted by Gasteiger charge is -2.24. The van der Waals surface area contributed by atoms with Crippen molar-refractivity contribution in [1.29, 1.82) is 0 Å². The first-order valence-electron chi connectivity index (χ1n) is 5.91. The predicted molar refractivity (Wildman–Crippen MR) is 57.0 cm³/mol. The standard InChI is InChI=1S/C12H22O2/c1-3-12(13)14-10(2)9-11-7-5-4-6-8-11/h10-11H,3-9H2,1-2H3. The van der Waals surface area contributed by atoms with Gasteiger partial charge >= 0.3 is 5.97 Å². The Morgan fingerprint density at radius 1 is 1.36 bits per heavy atom. The lowest BCUT2D eigenvalue weighted by molar-refractivity contribution is -0.148. The van der Waals surface area contributed by atoms with Gasteiger partial charge in [-0.3, -0.25) is 4.79 Å². The van der Waals surface area contributed by atoms with E-state index in [0.717, 1.165) is 12.3 Å². The van der Waals surface area contributed by atoms with Crippen LogP contribution in [0.15, 0.2) is 0 Å². The van der Waals surface area contributed by atoms with Gasteiger partial charge in [0.05, 0.1) is 6.10 Å².